The molecule has 0 bridgehead atoms. The lowest BCUT2D eigenvalue weighted by Crippen LogP contribution is -2.44. The number of para-hydroxylation sites is 1. The lowest BCUT2D eigenvalue weighted by atomic mass is 10.2. The fraction of sp³-hybridized carbons (Fsp3) is 0.500. The topological polar surface area (TPSA) is 29.5 Å². The Hall–Kier alpha value is -1.00. The Morgan fingerprint density at radius 1 is 1.44 bits per heavy atom. The molecule has 2 heterocycles. The quantitative estimate of drug-likeness (QED) is 0.780. The average molecular weight is 263 g/mol. The number of carbonyl (C=O) groups is 1. The summed E-state index contributed by atoms with van der Waals surface area (Å²) in [4.78, 5) is 15.6. The van der Waals surface area contributed by atoms with Crippen LogP contribution in [0.5, 0.6) is 0 Å². The Bertz CT molecular complexity index is 457. The summed E-state index contributed by atoms with van der Waals surface area (Å²) in [6.45, 7) is 3.66. The third-order valence-electron chi connectivity index (χ3n) is 3.40. The van der Waals surface area contributed by atoms with E-state index in [2.05, 4.69) is 13.0 Å². The van der Waals surface area contributed by atoms with Crippen LogP contribution in [0.1, 0.15) is 19.8 Å². The molecule has 2 unspecified atom stereocenters. The average Bonchev–Trinajstić information content (AvgIpc) is 2.90. The normalized spacial score (nSPS) is 27.1. The number of hydrogen-bond donors (Lipinski definition) is 0. The van der Waals surface area contributed by atoms with Crippen LogP contribution in [-0.4, -0.2) is 30.4 Å². The molecule has 0 aromatic heterocycles. The molecule has 1 saturated heterocycles. The van der Waals surface area contributed by atoms with Crippen molar-refractivity contribution in [3.05, 3.63) is 24.3 Å². The summed E-state index contributed by atoms with van der Waals surface area (Å²) in [6, 6.07) is 8.14. The van der Waals surface area contributed by atoms with Crippen LogP contribution in [0.2, 0.25) is 0 Å². The lowest BCUT2D eigenvalue weighted by molar-refractivity contribution is -0.127. The first kappa shape index (κ1) is 12.1. The molecular formula is C14H17NO2S. The maximum Gasteiger partial charge on any atom is 0.256 e. The summed E-state index contributed by atoms with van der Waals surface area (Å²) in [5.74, 6) is 0.132. The Morgan fingerprint density at radius 2 is 2.28 bits per heavy atom. The molecule has 2 aliphatic heterocycles. The van der Waals surface area contributed by atoms with Crippen LogP contribution in [0.3, 0.4) is 0 Å². The summed E-state index contributed by atoms with van der Waals surface area (Å²) < 4.78 is 5.52. The minimum Gasteiger partial charge on any atom is -0.368 e. The number of anilines is 1. The molecule has 0 spiro atoms. The SMILES string of the molecule is CC1CN(C(=O)C2CCCO2)c2ccccc2S1. The summed E-state index contributed by atoms with van der Waals surface area (Å²) in [6.07, 6.45) is 1.63. The fourth-order valence-electron chi connectivity index (χ4n) is 2.54. The van der Waals surface area contributed by atoms with Crippen LogP contribution >= 0.6 is 11.8 Å². The van der Waals surface area contributed by atoms with Crippen LogP contribution in [-0.2, 0) is 9.53 Å². The number of fused-ring (bicyclic) bond motifs is 1. The van der Waals surface area contributed by atoms with Crippen molar-refractivity contribution >= 4 is 23.4 Å². The molecule has 18 heavy (non-hydrogen) atoms. The summed E-state index contributed by atoms with van der Waals surface area (Å²) in [5.41, 5.74) is 1.04. The van der Waals surface area contributed by atoms with Crippen molar-refractivity contribution in [1.29, 1.82) is 0 Å². The first-order chi connectivity index (χ1) is 8.75. The van der Waals surface area contributed by atoms with Gasteiger partial charge in [0.2, 0.25) is 0 Å². The highest BCUT2D eigenvalue weighted by Crippen LogP contribution is 2.38. The molecular weight excluding hydrogens is 246 g/mol. The van der Waals surface area contributed by atoms with Crippen molar-refractivity contribution < 1.29 is 9.53 Å². The van der Waals surface area contributed by atoms with Crippen molar-refractivity contribution in [2.75, 3.05) is 18.1 Å². The largest absolute Gasteiger partial charge is 0.368 e. The van der Waals surface area contributed by atoms with Crippen LogP contribution in [0.25, 0.3) is 0 Å². The fourth-order valence-corrected chi connectivity index (χ4v) is 3.66. The standard InChI is InChI=1S/C14H17NO2S/c1-10-9-15(14(16)12-6-4-8-17-12)11-5-2-3-7-13(11)18-10/h2-3,5,7,10,12H,4,6,8-9H2,1H3. The Labute approximate surface area is 111 Å². The minimum atomic E-state index is -0.228. The molecule has 0 N–H and O–H groups in total. The van der Waals surface area contributed by atoms with Gasteiger partial charge in [0, 0.05) is 23.3 Å². The molecule has 3 rings (SSSR count). The predicted molar refractivity (Wildman–Crippen MR) is 73.1 cm³/mol. The summed E-state index contributed by atoms with van der Waals surface area (Å²) in [5, 5.41) is 0.435. The highest BCUT2D eigenvalue weighted by molar-refractivity contribution is 8.00. The van der Waals surface area contributed by atoms with E-state index in [0.717, 1.165) is 31.7 Å². The van der Waals surface area contributed by atoms with Crippen LogP contribution in [0, 0.1) is 0 Å². The van der Waals surface area contributed by atoms with E-state index < -0.39 is 0 Å². The van der Waals surface area contributed by atoms with Crippen LogP contribution in [0.15, 0.2) is 29.2 Å². The zero-order chi connectivity index (χ0) is 12.5. The van der Waals surface area contributed by atoms with E-state index in [4.69, 9.17) is 4.74 Å². The van der Waals surface area contributed by atoms with Gasteiger partial charge in [0.05, 0.1) is 5.69 Å². The third-order valence-corrected chi connectivity index (χ3v) is 4.55. The lowest BCUT2D eigenvalue weighted by Gasteiger charge is -2.33. The predicted octanol–water partition coefficient (Wildman–Crippen LogP) is 2.69. The molecule has 2 aliphatic rings. The van der Waals surface area contributed by atoms with E-state index in [1.807, 2.05) is 34.9 Å². The van der Waals surface area contributed by atoms with Crippen molar-refractivity contribution in [3.8, 4) is 0 Å². The first-order valence-corrected chi connectivity index (χ1v) is 7.32. The number of rotatable bonds is 1. The smallest absolute Gasteiger partial charge is 0.256 e. The second kappa shape index (κ2) is 4.94. The van der Waals surface area contributed by atoms with Crippen LogP contribution < -0.4 is 4.90 Å². The van der Waals surface area contributed by atoms with E-state index in [1.54, 1.807) is 0 Å². The van der Waals surface area contributed by atoms with Gasteiger partial charge in [0.1, 0.15) is 6.10 Å². The van der Waals surface area contributed by atoms with Gasteiger partial charge in [-0.15, -0.1) is 11.8 Å². The van der Waals surface area contributed by atoms with Crippen molar-refractivity contribution in [2.24, 2.45) is 0 Å². The molecule has 4 heteroatoms. The maximum absolute atomic E-state index is 12.5. The molecule has 96 valence electrons. The molecule has 1 aromatic rings. The van der Waals surface area contributed by atoms with Gasteiger partial charge in [-0.25, -0.2) is 0 Å². The van der Waals surface area contributed by atoms with E-state index in [-0.39, 0.29) is 12.0 Å². The first-order valence-electron chi connectivity index (χ1n) is 6.44. The van der Waals surface area contributed by atoms with Crippen LogP contribution in [0.4, 0.5) is 5.69 Å². The molecule has 0 radical (unpaired) electrons. The number of ether oxygens (including phenoxy) is 1. The number of benzene rings is 1. The van der Waals surface area contributed by atoms with E-state index in [9.17, 15) is 4.79 Å². The van der Waals surface area contributed by atoms with Gasteiger partial charge in [0.25, 0.3) is 5.91 Å². The van der Waals surface area contributed by atoms with Gasteiger partial charge in [0.15, 0.2) is 0 Å². The Morgan fingerprint density at radius 3 is 3.06 bits per heavy atom. The zero-order valence-corrected chi connectivity index (χ0v) is 11.3. The van der Waals surface area contributed by atoms with E-state index >= 15 is 0 Å². The summed E-state index contributed by atoms with van der Waals surface area (Å²) in [7, 11) is 0. The number of thioether (sulfide) groups is 1. The molecule has 1 amide bonds. The second-order valence-corrected chi connectivity index (χ2v) is 6.33. The van der Waals surface area contributed by atoms with E-state index in [1.165, 1.54) is 4.90 Å². The van der Waals surface area contributed by atoms with Gasteiger partial charge in [-0.2, -0.15) is 0 Å². The maximum atomic E-state index is 12.5. The van der Waals surface area contributed by atoms with Gasteiger partial charge < -0.3 is 9.64 Å². The number of nitrogens with zero attached hydrogens (tertiary/aromatic N) is 1. The molecule has 0 saturated carbocycles. The van der Waals surface area contributed by atoms with Gasteiger partial charge in [-0.3, -0.25) is 4.79 Å². The zero-order valence-electron chi connectivity index (χ0n) is 10.5. The molecule has 1 aromatic carbocycles. The molecule has 1 fully saturated rings. The Balaban J connectivity index is 1.89. The number of amides is 1. The van der Waals surface area contributed by atoms with Gasteiger partial charge >= 0.3 is 0 Å². The third kappa shape index (κ3) is 2.15. The number of carbonyl (C=O) groups excluding carboxylic acids is 1. The number of hydrogen-bond acceptors (Lipinski definition) is 3. The van der Waals surface area contributed by atoms with E-state index in [0.29, 0.717) is 5.25 Å². The molecule has 3 nitrogen and oxygen atoms in total. The molecule has 2 atom stereocenters. The summed E-state index contributed by atoms with van der Waals surface area (Å²) >= 11 is 1.84. The van der Waals surface area contributed by atoms with Gasteiger partial charge in [-0.05, 0) is 25.0 Å². The highest BCUT2D eigenvalue weighted by atomic mass is 32.2. The molecule has 0 aliphatic carbocycles. The van der Waals surface area contributed by atoms with Crippen molar-refractivity contribution in [1.82, 2.24) is 0 Å². The minimum absolute atomic E-state index is 0.132. The Kier molecular flexibility index (Phi) is 3.31. The van der Waals surface area contributed by atoms with Crippen molar-refractivity contribution in [3.63, 3.8) is 0 Å². The van der Waals surface area contributed by atoms with Gasteiger partial charge in [-0.1, -0.05) is 19.1 Å². The highest BCUT2D eigenvalue weighted by Gasteiger charge is 2.33. The van der Waals surface area contributed by atoms with Crippen molar-refractivity contribution in [2.45, 2.75) is 36.0 Å². The second-order valence-electron chi connectivity index (χ2n) is 4.85. The monoisotopic (exact) mass is 263 g/mol.